The van der Waals surface area contributed by atoms with E-state index in [0.717, 1.165) is 40.8 Å². The van der Waals surface area contributed by atoms with Gasteiger partial charge in [0.25, 0.3) is 5.91 Å². The van der Waals surface area contributed by atoms with Gasteiger partial charge in [0, 0.05) is 42.7 Å². The van der Waals surface area contributed by atoms with Gasteiger partial charge < -0.3 is 14.8 Å². The molecular formula is C21H26N2O3. The number of pyridine rings is 1. The smallest absolute Gasteiger partial charge is 0.252 e. The van der Waals surface area contributed by atoms with Crippen LogP contribution in [0.1, 0.15) is 33.6 Å². The summed E-state index contributed by atoms with van der Waals surface area (Å²) >= 11 is 0. The fraction of sp³-hybridized carbons (Fsp3) is 0.524. The van der Waals surface area contributed by atoms with Gasteiger partial charge in [0.15, 0.2) is 0 Å². The molecule has 4 atom stereocenters. The fourth-order valence-corrected chi connectivity index (χ4v) is 4.73. The molecule has 2 aromatic rings. The van der Waals surface area contributed by atoms with Crippen LogP contribution in [0.25, 0.3) is 10.9 Å². The summed E-state index contributed by atoms with van der Waals surface area (Å²) < 4.78 is 11.2. The highest BCUT2D eigenvalue weighted by Crippen LogP contribution is 2.44. The van der Waals surface area contributed by atoms with Crippen LogP contribution in [0.2, 0.25) is 0 Å². The molecule has 0 bridgehead atoms. The lowest BCUT2D eigenvalue weighted by molar-refractivity contribution is -0.0809. The number of aryl methyl sites for hydroxylation is 3. The van der Waals surface area contributed by atoms with E-state index in [-0.39, 0.29) is 24.0 Å². The molecule has 5 heteroatoms. The fourth-order valence-electron chi connectivity index (χ4n) is 4.73. The first-order valence-corrected chi connectivity index (χ1v) is 9.29. The number of fused-ring (bicyclic) bond motifs is 2. The van der Waals surface area contributed by atoms with Crippen molar-refractivity contribution in [1.82, 2.24) is 10.3 Å². The summed E-state index contributed by atoms with van der Waals surface area (Å²) in [4.78, 5) is 17.8. The molecule has 138 valence electrons. The van der Waals surface area contributed by atoms with Gasteiger partial charge >= 0.3 is 0 Å². The molecule has 1 saturated carbocycles. The number of nitrogens with zero attached hydrogens (tertiary/aromatic N) is 1. The van der Waals surface area contributed by atoms with Gasteiger partial charge in [-0.1, -0.05) is 6.07 Å². The number of amides is 1. The second-order valence-corrected chi connectivity index (χ2v) is 7.69. The summed E-state index contributed by atoms with van der Waals surface area (Å²) in [6, 6.07) is 6.16. The largest absolute Gasteiger partial charge is 0.384 e. The number of benzene rings is 1. The number of methoxy groups -OCH3 is 1. The summed E-state index contributed by atoms with van der Waals surface area (Å²) in [5.74, 6) is 0.606. The number of ether oxygens (including phenoxy) is 2. The molecule has 1 aromatic heterocycles. The van der Waals surface area contributed by atoms with Gasteiger partial charge in [0.1, 0.15) is 0 Å². The van der Waals surface area contributed by atoms with E-state index in [1.807, 2.05) is 26.0 Å². The van der Waals surface area contributed by atoms with Gasteiger partial charge in [-0.2, -0.15) is 0 Å². The second kappa shape index (κ2) is 6.63. The average molecular weight is 354 g/mol. The lowest BCUT2D eigenvalue weighted by atomic mass is 9.67. The monoisotopic (exact) mass is 354 g/mol. The molecule has 0 radical (unpaired) electrons. The lowest BCUT2D eigenvalue weighted by Gasteiger charge is -2.47. The van der Waals surface area contributed by atoms with Crippen LogP contribution < -0.4 is 5.32 Å². The minimum atomic E-state index is -0.0242. The van der Waals surface area contributed by atoms with Crippen molar-refractivity contribution < 1.29 is 14.3 Å². The molecule has 2 fully saturated rings. The van der Waals surface area contributed by atoms with E-state index in [2.05, 4.69) is 23.3 Å². The third kappa shape index (κ3) is 2.79. The predicted octanol–water partition coefficient (Wildman–Crippen LogP) is 2.94. The molecule has 0 spiro atoms. The maximum Gasteiger partial charge on any atom is 0.252 e. The number of nitrogens with one attached hydrogen (secondary N) is 1. The van der Waals surface area contributed by atoms with Crippen molar-refractivity contribution in [2.24, 2.45) is 11.8 Å². The van der Waals surface area contributed by atoms with E-state index >= 15 is 0 Å². The van der Waals surface area contributed by atoms with Crippen LogP contribution in [0, 0.1) is 32.6 Å². The highest BCUT2D eigenvalue weighted by molar-refractivity contribution is 6.07. The number of carbonyl (C=O) groups excluding carboxylic acids is 1. The first kappa shape index (κ1) is 17.4. The Morgan fingerprint density at radius 3 is 2.88 bits per heavy atom. The summed E-state index contributed by atoms with van der Waals surface area (Å²) in [6.45, 7) is 7.42. The molecule has 2 heterocycles. The van der Waals surface area contributed by atoms with Crippen LogP contribution in [0.5, 0.6) is 0 Å². The highest BCUT2D eigenvalue weighted by Gasteiger charge is 2.54. The Bertz CT molecular complexity index is 859. The highest BCUT2D eigenvalue weighted by atomic mass is 16.5. The summed E-state index contributed by atoms with van der Waals surface area (Å²) in [7, 11) is 1.70. The number of rotatable bonds is 4. The predicted molar refractivity (Wildman–Crippen MR) is 100 cm³/mol. The number of hydrogen-bond donors (Lipinski definition) is 1. The molecule has 1 aliphatic heterocycles. The normalized spacial score (nSPS) is 27.2. The minimum Gasteiger partial charge on any atom is -0.384 e. The van der Waals surface area contributed by atoms with E-state index < -0.39 is 0 Å². The summed E-state index contributed by atoms with van der Waals surface area (Å²) in [5.41, 5.74) is 4.70. The summed E-state index contributed by atoms with van der Waals surface area (Å²) in [6.07, 6.45) is 1.23. The van der Waals surface area contributed by atoms with Crippen molar-refractivity contribution in [2.45, 2.75) is 39.3 Å². The van der Waals surface area contributed by atoms with Crippen LogP contribution in [0.4, 0.5) is 0 Å². The van der Waals surface area contributed by atoms with Crippen molar-refractivity contribution in [3.8, 4) is 0 Å². The molecule has 4 rings (SSSR count). The molecule has 1 aliphatic carbocycles. The van der Waals surface area contributed by atoms with E-state index in [1.165, 1.54) is 0 Å². The Labute approximate surface area is 154 Å². The van der Waals surface area contributed by atoms with Gasteiger partial charge in [-0.05, 0) is 50.5 Å². The Morgan fingerprint density at radius 1 is 1.31 bits per heavy atom. The van der Waals surface area contributed by atoms with Gasteiger partial charge in [0.2, 0.25) is 0 Å². The second-order valence-electron chi connectivity index (χ2n) is 7.69. The zero-order valence-corrected chi connectivity index (χ0v) is 15.8. The van der Waals surface area contributed by atoms with Crippen LogP contribution in [0.15, 0.2) is 18.2 Å². The molecule has 1 saturated heterocycles. The van der Waals surface area contributed by atoms with Crippen LogP contribution in [-0.4, -0.2) is 43.4 Å². The first-order chi connectivity index (χ1) is 12.5. The molecule has 1 aromatic carbocycles. The lowest BCUT2D eigenvalue weighted by Crippen LogP contribution is -2.62. The van der Waals surface area contributed by atoms with Gasteiger partial charge in [-0.25, -0.2) is 0 Å². The standard InChI is InChI=1S/C21H26N2O3/c1-11-7-12(2)18-15(9-13(3)22-17(18)8-11)21(24)23-19-14-5-6-26-20(14)16(19)10-25-4/h7-9,14,16,19-20H,5-6,10H2,1-4H3,(H,23,24)/t14-,16-,19-,20-/m0/s1. The van der Waals surface area contributed by atoms with Crippen LogP contribution in [-0.2, 0) is 9.47 Å². The molecule has 0 unspecified atom stereocenters. The Kier molecular flexibility index (Phi) is 4.45. The zero-order chi connectivity index (χ0) is 18.4. The van der Waals surface area contributed by atoms with Crippen molar-refractivity contribution in [3.63, 3.8) is 0 Å². The molecular weight excluding hydrogens is 328 g/mol. The van der Waals surface area contributed by atoms with Crippen molar-refractivity contribution in [2.75, 3.05) is 20.3 Å². The Balaban J connectivity index is 1.66. The molecule has 1 amide bonds. The molecule has 26 heavy (non-hydrogen) atoms. The maximum atomic E-state index is 13.2. The van der Waals surface area contributed by atoms with Crippen LogP contribution in [0.3, 0.4) is 0 Å². The first-order valence-electron chi connectivity index (χ1n) is 9.29. The topological polar surface area (TPSA) is 60.5 Å². The van der Waals surface area contributed by atoms with E-state index in [1.54, 1.807) is 7.11 Å². The van der Waals surface area contributed by atoms with Crippen molar-refractivity contribution in [1.29, 1.82) is 0 Å². The molecule has 5 nitrogen and oxygen atoms in total. The number of aromatic nitrogens is 1. The van der Waals surface area contributed by atoms with E-state index in [4.69, 9.17) is 9.47 Å². The van der Waals surface area contributed by atoms with Gasteiger partial charge in [-0.3, -0.25) is 9.78 Å². The van der Waals surface area contributed by atoms with Crippen molar-refractivity contribution in [3.05, 3.63) is 40.6 Å². The SMILES string of the molecule is COC[C@H]1[C@@H](NC(=O)c2cc(C)nc3cc(C)cc(C)c23)[C@@H]2CCO[C@@H]21. The minimum absolute atomic E-state index is 0.0242. The molecule has 2 aliphatic rings. The maximum absolute atomic E-state index is 13.2. The number of carbonyl (C=O) groups is 1. The third-order valence-electron chi connectivity index (χ3n) is 5.81. The third-order valence-corrected chi connectivity index (χ3v) is 5.81. The van der Waals surface area contributed by atoms with E-state index in [0.29, 0.717) is 18.1 Å². The van der Waals surface area contributed by atoms with Gasteiger partial charge in [0.05, 0.1) is 23.8 Å². The summed E-state index contributed by atoms with van der Waals surface area (Å²) in [5, 5.41) is 4.22. The van der Waals surface area contributed by atoms with E-state index in [9.17, 15) is 4.79 Å². The van der Waals surface area contributed by atoms with Gasteiger partial charge in [-0.15, -0.1) is 0 Å². The average Bonchev–Trinajstić information content (AvgIpc) is 3.00. The zero-order valence-electron chi connectivity index (χ0n) is 15.8. The van der Waals surface area contributed by atoms with Crippen molar-refractivity contribution >= 4 is 16.8 Å². The van der Waals surface area contributed by atoms with Crippen LogP contribution >= 0.6 is 0 Å². The molecule has 1 N–H and O–H groups in total. The Hall–Kier alpha value is -1.98. The Morgan fingerprint density at radius 2 is 2.12 bits per heavy atom. The quantitative estimate of drug-likeness (QED) is 0.917. The number of hydrogen-bond acceptors (Lipinski definition) is 4.